The van der Waals surface area contributed by atoms with Crippen LogP contribution in [0.5, 0.6) is 0 Å². The molecule has 0 saturated heterocycles. The Balaban J connectivity index is 2.03. The number of anilines is 2. The monoisotopic (exact) mass is 234 g/mol. The van der Waals surface area contributed by atoms with Crippen LogP contribution in [-0.2, 0) is 0 Å². The van der Waals surface area contributed by atoms with Crippen LogP contribution in [0.3, 0.4) is 0 Å². The van der Waals surface area contributed by atoms with Gasteiger partial charge in [-0.3, -0.25) is 0 Å². The maximum Gasteiger partial charge on any atom is 0.224 e. The Kier molecular flexibility index (Phi) is 4.18. The van der Waals surface area contributed by atoms with Gasteiger partial charge >= 0.3 is 0 Å². The van der Waals surface area contributed by atoms with E-state index in [-0.39, 0.29) is 0 Å². The lowest BCUT2D eigenvalue weighted by Gasteiger charge is -2.17. The van der Waals surface area contributed by atoms with Gasteiger partial charge in [0.1, 0.15) is 5.82 Å². The summed E-state index contributed by atoms with van der Waals surface area (Å²) in [7, 11) is 1.85. The number of hydrogen-bond donors (Lipinski definition) is 2. The third-order valence-corrected chi connectivity index (χ3v) is 3.28. The highest BCUT2D eigenvalue weighted by Crippen LogP contribution is 2.21. The minimum Gasteiger partial charge on any atom is -0.367 e. The zero-order valence-corrected chi connectivity index (χ0v) is 10.8. The normalized spacial score (nSPS) is 17.5. The van der Waals surface area contributed by atoms with Crippen LogP contribution in [0, 0.1) is 6.92 Å². The fraction of sp³-hybridized carbons (Fsp3) is 0.692. The predicted molar refractivity (Wildman–Crippen MR) is 71.4 cm³/mol. The van der Waals surface area contributed by atoms with E-state index >= 15 is 0 Å². The average molecular weight is 234 g/mol. The molecule has 94 valence electrons. The van der Waals surface area contributed by atoms with Gasteiger partial charge in [0.2, 0.25) is 5.95 Å². The molecule has 1 aromatic heterocycles. The van der Waals surface area contributed by atoms with Gasteiger partial charge in [-0.1, -0.05) is 25.7 Å². The van der Waals surface area contributed by atoms with E-state index in [0.29, 0.717) is 12.0 Å². The van der Waals surface area contributed by atoms with Crippen molar-refractivity contribution in [2.45, 2.75) is 51.5 Å². The minimum absolute atomic E-state index is 0.580. The predicted octanol–water partition coefficient (Wildman–Crippen LogP) is 2.96. The molecule has 1 aliphatic rings. The molecule has 4 heteroatoms. The van der Waals surface area contributed by atoms with Crippen LogP contribution in [0.1, 0.15) is 44.2 Å². The van der Waals surface area contributed by atoms with Crippen LogP contribution >= 0.6 is 0 Å². The zero-order valence-electron chi connectivity index (χ0n) is 10.8. The Morgan fingerprint density at radius 1 is 1.12 bits per heavy atom. The number of nitrogens with one attached hydrogen (secondary N) is 2. The van der Waals surface area contributed by atoms with Gasteiger partial charge in [0.05, 0.1) is 0 Å². The highest BCUT2D eigenvalue weighted by atomic mass is 15.1. The van der Waals surface area contributed by atoms with E-state index in [1.807, 2.05) is 20.0 Å². The number of hydrogen-bond acceptors (Lipinski definition) is 4. The number of nitrogens with zero attached hydrogens (tertiary/aromatic N) is 2. The molecule has 0 aliphatic heterocycles. The molecule has 0 amide bonds. The van der Waals surface area contributed by atoms with E-state index < -0.39 is 0 Å². The van der Waals surface area contributed by atoms with Crippen LogP contribution in [0.15, 0.2) is 6.07 Å². The van der Waals surface area contributed by atoms with E-state index in [4.69, 9.17) is 0 Å². The summed E-state index contributed by atoms with van der Waals surface area (Å²) in [4.78, 5) is 8.75. The summed E-state index contributed by atoms with van der Waals surface area (Å²) in [5, 5.41) is 6.54. The Bertz CT molecular complexity index is 356. The SMILES string of the molecule is CNc1nc(C)cc(NC2CCCCCC2)n1. The molecular weight excluding hydrogens is 212 g/mol. The molecule has 0 radical (unpaired) electrons. The summed E-state index contributed by atoms with van der Waals surface area (Å²) in [6.07, 6.45) is 7.95. The van der Waals surface area contributed by atoms with Crippen LogP contribution in [0.4, 0.5) is 11.8 Å². The fourth-order valence-electron chi connectivity index (χ4n) is 2.39. The third-order valence-electron chi connectivity index (χ3n) is 3.28. The second kappa shape index (κ2) is 5.84. The quantitative estimate of drug-likeness (QED) is 0.789. The first-order chi connectivity index (χ1) is 8.28. The Morgan fingerprint density at radius 2 is 1.82 bits per heavy atom. The van der Waals surface area contributed by atoms with Crippen molar-refractivity contribution >= 4 is 11.8 Å². The second-order valence-corrected chi connectivity index (χ2v) is 4.80. The topological polar surface area (TPSA) is 49.8 Å². The molecule has 1 saturated carbocycles. The highest BCUT2D eigenvalue weighted by molar-refractivity contribution is 5.42. The second-order valence-electron chi connectivity index (χ2n) is 4.80. The smallest absolute Gasteiger partial charge is 0.224 e. The lowest BCUT2D eigenvalue weighted by molar-refractivity contribution is 0.617. The minimum atomic E-state index is 0.580. The van der Waals surface area contributed by atoms with Gasteiger partial charge in [0, 0.05) is 24.8 Å². The van der Waals surface area contributed by atoms with E-state index in [0.717, 1.165) is 11.5 Å². The van der Waals surface area contributed by atoms with Crippen molar-refractivity contribution in [3.8, 4) is 0 Å². The van der Waals surface area contributed by atoms with Crippen molar-refractivity contribution in [3.63, 3.8) is 0 Å². The van der Waals surface area contributed by atoms with Crippen molar-refractivity contribution in [3.05, 3.63) is 11.8 Å². The summed E-state index contributed by atoms with van der Waals surface area (Å²) in [5.41, 5.74) is 1.00. The van der Waals surface area contributed by atoms with Gasteiger partial charge in [0.15, 0.2) is 0 Å². The molecule has 4 nitrogen and oxygen atoms in total. The molecule has 0 atom stereocenters. The molecule has 1 aliphatic carbocycles. The van der Waals surface area contributed by atoms with Crippen molar-refractivity contribution in [1.29, 1.82) is 0 Å². The number of aromatic nitrogens is 2. The first-order valence-electron chi connectivity index (χ1n) is 6.58. The average Bonchev–Trinajstić information content (AvgIpc) is 2.57. The Morgan fingerprint density at radius 3 is 2.47 bits per heavy atom. The maximum atomic E-state index is 4.44. The van der Waals surface area contributed by atoms with E-state index in [9.17, 15) is 0 Å². The molecule has 1 heterocycles. The van der Waals surface area contributed by atoms with Crippen LogP contribution < -0.4 is 10.6 Å². The zero-order chi connectivity index (χ0) is 12.1. The lowest BCUT2D eigenvalue weighted by atomic mass is 10.1. The summed E-state index contributed by atoms with van der Waals surface area (Å²) < 4.78 is 0. The molecule has 0 aromatic carbocycles. The standard InChI is InChI=1S/C13H22N4/c1-10-9-12(17-13(14-2)15-10)16-11-7-5-3-4-6-8-11/h9,11H,3-8H2,1-2H3,(H2,14,15,16,17). The van der Waals surface area contributed by atoms with Crippen LogP contribution in [0.25, 0.3) is 0 Å². The van der Waals surface area contributed by atoms with Crippen molar-refractivity contribution in [2.75, 3.05) is 17.7 Å². The number of rotatable bonds is 3. The Labute approximate surface area is 103 Å². The summed E-state index contributed by atoms with van der Waals surface area (Å²) >= 11 is 0. The van der Waals surface area contributed by atoms with Gasteiger partial charge in [-0.25, -0.2) is 4.98 Å². The molecule has 0 unspecified atom stereocenters. The molecular formula is C13H22N4. The van der Waals surface area contributed by atoms with Gasteiger partial charge < -0.3 is 10.6 Å². The number of aryl methyl sites for hydroxylation is 1. The summed E-state index contributed by atoms with van der Waals surface area (Å²) in [6, 6.07) is 2.60. The Hall–Kier alpha value is -1.32. The van der Waals surface area contributed by atoms with Gasteiger partial charge in [-0.15, -0.1) is 0 Å². The van der Waals surface area contributed by atoms with E-state index in [1.54, 1.807) is 0 Å². The van der Waals surface area contributed by atoms with Gasteiger partial charge in [-0.05, 0) is 19.8 Å². The van der Waals surface area contributed by atoms with E-state index in [2.05, 4.69) is 20.6 Å². The third kappa shape index (κ3) is 3.58. The highest BCUT2D eigenvalue weighted by Gasteiger charge is 2.12. The fourth-order valence-corrected chi connectivity index (χ4v) is 2.39. The summed E-state index contributed by atoms with van der Waals surface area (Å²) in [6.45, 7) is 2.00. The first kappa shape index (κ1) is 12.1. The van der Waals surface area contributed by atoms with Gasteiger partial charge in [0.25, 0.3) is 0 Å². The van der Waals surface area contributed by atoms with Crippen molar-refractivity contribution in [2.24, 2.45) is 0 Å². The largest absolute Gasteiger partial charge is 0.367 e. The molecule has 1 fully saturated rings. The maximum absolute atomic E-state index is 4.44. The lowest BCUT2D eigenvalue weighted by Crippen LogP contribution is -2.19. The first-order valence-corrected chi connectivity index (χ1v) is 6.58. The molecule has 0 bridgehead atoms. The van der Waals surface area contributed by atoms with Crippen molar-refractivity contribution < 1.29 is 0 Å². The van der Waals surface area contributed by atoms with Gasteiger partial charge in [-0.2, -0.15) is 4.98 Å². The molecule has 2 rings (SSSR count). The van der Waals surface area contributed by atoms with Crippen LogP contribution in [0.2, 0.25) is 0 Å². The molecule has 2 N–H and O–H groups in total. The molecule has 0 spiro atoms. The summed E-state index contributed by atoms with van der Waals surface area (Å²) in [5.74, 6) is 1.65. The van der Waals surface area contributed by atoms with E-state index in [1.165, 1.54) is 38.5 Å². The molecule has 17 heavy (non-hydrogen) atoms. The van der Waals surface area contributed by atoms with Crippen LogP contribution in [-0.4, -0.2) is 23.1 Å². The van der Waals surface area contributed by atoms with Crippen molar-refractivity contribution in [1.82, 2.24) is 9.97 Å². The molecule has 1 aromatic rings.